The number of carbonyl (C=O) groups is 2. The predicted molar refractivity (Wildman–Crippen MR) is 109 cm³/mol. The number of pyridine rings is 1. The highest BCUT2D eigenvalue weighted by atomic mass is 16.4. The molecule has 1 atom stereocenters. The molecule has 5 nitrogen and oxygen atoms in total. The van der Waals surface area contributed by atoms with Crippen molar-refractivity contribution in [3.8, 4) is 11.3 Å². The number of carbonyl (C=O) groups excluding carboxylic acids is 1. The van der Waals surface area contributed by atoms with Gasteiger partial charge in [-0.3, -0.25) is 9.78 Å². The van der Waals surface area contributed by atoms with Crippen LogP contribution in [0.1, 0.15) is 49.5 Å². The molecule has 148 valence electrons. The molecule has 0 spiro atoms. The van der Waals surface area contributed by atoms with Gasteiger partial charge < -0.3 is 10.0 Å². The first-order valence-electron chi connectivity index (χ1n) is 9.82. The van der Waals surface area contributed by atoms with Crippen molar-refractivity contribution in [2.24, 2.45) is 11.3 Å². The van der Waals surface area contributed by atoms with Crippen LogP contribution in [-0.2, 0) is 11.2 Å². The number of likely N-dealkylation sites (tertiary alicyclic amines) is 1. The first-order chi connectivity index (χ1) is 13.2. The van der Waals surface area contributed by atoms with Crippen LogP contribution < -0.4 is 0 Å². The summed E-state index contributed by atoms with van der Waals surface area (Å²) >= 11 is 0. The summed E-state index contributed by atoms with van der Waals surface area (Å²) in [7, 11) is 0. The lowest BCUT2D eigenvalue weighted by Crippen LogP contribution is -2.45. The van der Waals surface area contributed by atoms with Gasteiger partial charge >= 0.3 is 5.97 Å². The fourth-order valence-corrected chi connectivity index (χ4v) is 3.72. The molecular formula is C23H28N2O3. The van der Waals surface area contributed by atoms with Gasteiger partial charge in [0.25, 0.3) is 0 Å². The van der Waals surface area contributed by atoms with E-state index in [1.54, 1.807) is 24.3 Å². The number of carboxylic acid groups (broad SMARTS) is 1. The third-order valence-electron chi connectivity index (χ3n) is 5.22. The number of nitrogens with zero attached hydrogens (tertiary/aromatic N) is 2. The minimum Gasteiger partial charge on any atom is -0.478 e. The third-order valence-corrected chi connectivity index (χ3v) is 5.22. The second-order valence-electron chi connectivity index (χ2n) is 8.65. The number of carboxylic acids is 1. The lowest BCUT2D eigenvalue weighted by Gasteiger charge is -2.36. The average molecular weight is 380 g/mol. The summed E-state index contributed by atoms with van der Waals surface area (Å²) < 4.78 is 0. The molecular weight excluding hydrogens is 352 g/mol. The van der Waals surface area contributed by atoms with Gasteiger partial charge in [-0.15, -0.1) is 0 Å². The molecule has 5 heteroatoms. The molecule has 1 aromatic carbocycles. The Morgan fingerprint density at radius 2 is 1.86 bits per heavy atom. The molecule has 1 aliphatic rings. The van der Waals surface area contributed by atoms with Gasteiger partial charge in [0.05, 0.1) is 11.3 Å². The van der Waals surface area contributed by atoms with Crippen LogP contribution in [-0.4, -0.2) is 40.0 Å². The summed E-state index contributed by atoms with van der Waals surface area (Å²) in [5.41, 5.74) is 2.83. The molecule has 1 aliphatic heterocycles. The fraction of sp³-hybridized carbons (Fsp3) is 0.435. The van der Waals surface area contributed by atoms with Crippen molar-refractivity contribution < 1.29 is 14.7 Å². The molecule has 2 heterocycles. The smallest absolute Gasteiger partial charge is 0.335 e. The molecule has 0 radical (unpaired) electrons. The van der Waals surface area contributed by atoms with Crippen molar-refractivity contribution in [3.63, 3.8) is 0 Å². The first kappa shape index (κ1) is 20.1. The van der Waals surface area contributed by atoms with Crippen molar-refractivity contribution in [1.82, 2.24) is 9.88 Å². The molecule has 1 aromatic heterocycles. The van der Waals surface area contributed by atoms with E-state index in [-0.39, 0.29) is 16.9 Å². The highest BCUT2D eigenvalue weighted by Crippen LogP contribution is 2.26. The van der Waals surface area contributed by atoms with Crippen LogP contribution in [0.4, 0.5) is 0 Å². The summed E-state index contributed by atoms with van der Waals surface area (Å²) in [4.78, 5) is 30.1. The van der Waals surface area contributed by atoms with Crippen LogP contribution in [0.15, 0.2) is 42.6 Å². The van der Waals surface area contributed by atoms with Crippen molar-refractivity contribution in [1.29, 1.82) is 0 Å². The molecule has 3 rings (SSSR count). The van der Waals surface area contributed by atoms with Crippen LogP contribution in [0.2, 0.25) is 0 Å². The monoisotopic (exact) mass is 380 g/mol. The number of aromatic nitrogens is 1. The predicted octanol–water partition coefficient (Wildman–Crippen LogP) is 4.27. The van der Waals surface area contributed by atoms with Crippen LogP contribution >= 0.6 is 0 Å². The summed E-state index contributed by atoms with van der Waals surface area (Å²) in [6.45, 7) is 7.60. The number of hydrogen-bond donors (Lipinski definition) is 1. The summed E-state index contributed by atoms with van der Waals surface area (Å²) in [6.07, 6.45) is 4.99. The first-order valence-corrected chi connectivity index (χ1v) is 9.82. The van der Waals surface area contributed by atoms with Gasteiger partial charge in [-0.25, -0.2) is 4.79 Å². The van der Waals surface area contributed by atoms with Crippen molar-refractivity contribution in [2.45, 2.75) is 40.0 Å². The van der Waals surface area contributed by atoms with Crippen LogP contribution in [0.25, 0.3) is 11.3 Å². The molecule has 0 aliphatic carbocycles. The number of benzene rings is 1. The second-order valence-corrected chi connectivity index (χ2v) is 8.65. The van der Waals surface area contributed by atoms with E-state index in [2.05, 4.69) is 11.1 Å². The maximum absolute atomic E-state index is 12.6. The largest absolute Gasteiger partial charge is 0.478 e. The molecule has 1 N–H and O–H groups in total. The minimum absolute atomic E-state index is 0.232. The van der Waals surface area contributed by atoms with E-state index in [9.17, 15) is 9.59 Å². The van der Waals surface area contributed by atoms with E-state index in [1.807, 2.05) is 37.9 Å². The molecule has 28 heavy (non-hydrogen) atoms. The zero-order valence-corrected chi connectivity index (χ0v) is 16.8. The van der Waals surface area contributed by atoms with E-state index in [1.165, 1.54) is 5.56 Å². The SMILES string of the molecule is CC(C)(C)C(=O)N1CCC[C@H](Cc2ccc(-c3ccc(C(=O)O)cc3)nc2)C1. The number of hydrogen-bond acceptors (Lipinski definition) is 3. The van der Waals surface area contributed by atoms with Gasteiger partial charge in [0.2, 0.25) is 5.91 Å². The Labute approximate surface area is 166 Å². The maximum atomic E-state index is 12.6. The fourth-order valence-electron chi connectivity index (χ4n) is 3.72. The summed E-state index contributed by atoms with van der Waals surface area (Å²) in [5, 5.41) is 9.00. The van der Waals surface area contributed by atoms with E-state index in [4.69, 9.17) is 5.11 Å². The van der Waals surface area contributed by atoms with Gasteiger partial charge in [0, 0.05) is 30.3 Å². The van der Waals surface area contributed by atoms with Gasteiger partial charge in [-0.05, 0) is 48.9 Å². The van der Waals surface area contributed by atoms with Crippen LogP contribution in [0.3, 0.4) is 0 Å². The Bertz CT molecular complexity index is 836. The number of aromatic carboxylic acids is 1. The molecule has 1 fully saturated rings. The lowest BCUT2D eigenvalue weighted by molar-refractivity contribution is -0.141. The van der Waals surface area contributed by atoms with Gasteiger partial charge in [-0.1, -0.05) is 39.0 Å². The zero-order valence-electron chi connectivity index (χ0n) is 16.8. The Morgan fingerprint density at radius 1 is 1.14 bits per heavy atom. The van der Waals surface area contributed by atoms with Crippen molar-refractivity contribution in [2.75, 3.05) is 13.1 Å². The lowest BCUT2D eigenvalue weighted by atomic mass is 9.88. The zero-order chi connectivity index (χ0) is 20.3. The molecule has 0 bridgehead atoms. The van der Waals surface area contributed by atoms with Gasteiger partial charge in [0.1, 0.15) is 0 Å². The Kier molecular flexibility index (Phi) is 5.82. The molecule has 2 aromatic rings. The molecule has 1 saturated heterocycles. The molecule has 0 saturated carbocycles. The van der Waals surface area contributed by atoms with E-state index < -0.39 is 5.97 Å². The molecule has 0 unspecified atom stereocenters. The Hall–Kier alpha value is -2.69. The molecule has 1 amide bonds. The quantitative estimate of drug-likeness (QED) is 0.860. The summed E-state index contributed by atoms with van der Waals surface area (Å²) in [6, 6.07) is 10.8. The second kappa shape index (κ2) is 8.13. The number of piperidine rings is 1. The van der Waals surface area contributed by atoms with Crippen molar-refractivity contribution >= 4 is 11.9 Å². The highest BCUT2D eigenvalue weighted by molar-refractivity contribution is 5.88. The third kappa shape index (κ3) is 4.77. The highest BCUT2D eigenvalue weighted by Gasteiger charge is 2.30. The van der Waals surface area contributed by atoms with E-state index in [0.29, 0.717) is 5.92 Å². The van der Waals surface area contributed by atoms with Gasteiger partial charge in [-0.2, -0.15) is 0 Å². The summed E-state index contributed by atoms with van der Waals surface area (Å²) in [5.74, 6) is -0.237. The standard InChI is InChI=1S/C23H28N2O3/c1-23(2,3)22(28)25-12-4-5-17(15-25)13-16-6-11-20(24-14-16)18-7-9-19(10-8-18)21(26)27/h6-11,14,17H,4-5,12-13,15H2,1-3H3,(H,26,27)/t17-/m1/s1. The Balaban J connectivity index is 1.64. The van der Waals surface area contributed by atoms with E-state index in [0.717, 1.165) is 43.6 Å². The average Bonchev–Trinajstić information content (AvgIpc) is 2.67. The Morgan fingerprint density at radius 3 is 2.43 bits per heavy atom. The topological polar surface area (TPSA) is 70.5 Å². The van der Waals surface area contributed by atoms with E-state index >= 15 is 0 Å². The maximum Gasteiger partial charge on any atom is 0.335 e. The van der Waals surface area contributed by atoms with Gasteiger partial charge in [0.15, 0.2) is 0 Å². The minimum atomic E-state index is -0.929. The van der Waals surface area contributed by atoms with Crippen LogP contribution in [0.5, 0.6) is 0 Å². The van der Waals surface area contributed by atoms with Crippen LogP contribution in [0, 0.1) is 11.3 Å². The normalized spacial score (nSPS) is 17.4. The van der Waals surface area contributed by atoms with Crippen molar-refractivity contribution in [3.05, 3.63) is 53.7 Å². The number of rotatable bonds is 4. The number of amides is 1.